The predicted octanol–water partition coefficient (Wildman–Crippen LogP) is 3.93. The number of nitrogens with zero attached hydrogens (tertiary/aromatic N) is 1. The number of rotatable bonds is 4. The average molecular weight is 253 g/mol. The Morgan fingerprint density at radius 3 is 1.50 bits per heavy atom. The monoisotopic (exact) mass is 253 g/mol. The molecule has 2 aliphatic rings. The van der Waals surface area contributed by atoms with Gasteiger partial charge in [-0.2, -0.15) is 0 Å². The molecule has 2 aliphatic carbocycles. The molecule has 0 aromatic carbocycles. The van der Waals surface area contributed by atoms with Gasteiger partial charge in [0.2, 0.25) is 0 Å². The molecule has 0 heterocycles. The van der Waals surface area contributed by atoms with Crippen LogP contribution in [-0.4, -0.2) is 28.3 Å². The van der Waals surface area contributed by atoms with E-state index in [-0.39, 0.29) is 6.23 Å². The third kappa shape index (κ3) is 3.48. The summed E-state index contributed by atoms with van der Waals surface area (Å²) in [5.74, 6) is 0.355. The summed E-state index contributed by atoms with van der Waals surface area (Å²) < 4.78 is 0. The van der Waals surface area contributed by atoms with Crippen molar-refractivity contribution in [3.63, 3.8) is 0 Å². The predicted molar refractivity (Wildman–Crippen MR) is 76.4 cm³/mol. The first-order chi connectivity index (χ1) is 8.70. The van der Waals surface area contributed by atoms with Crippen LogP contribution in [0.15, 0.2) is 0 Å². The zero-order valence-corrected chi connectivity index (χ0v) is 12.3. The van der Waals surface area contributed by atoms with Crippen LogP contribution in [0.25, 0.3) is 0 Å². The maximum Gasteiger partial charge on any atom is 0.110 e. The van der Waals surface area contributed by atoms with E-state index in [1.165, 1.54) is 64.2 Å². The van der Waals surface area contributed by atoms with Gasteiger partial charge in [0.15, 0.2) is 0 Å². The number of hydrogen-bond acceptors (Lipinski definition) is 2. The van der Waals surface area contributed by atoms with Crippen molar-refractivity contribution in [2.45, 2.75) is 96.4 Å². The molecule has 18 heavy (non-hydrogen) atoms. The molecule has 1 unspecified atom stereocenters. The Morgan fingerprint density at radius 2 is 1.17 bits per heavy atom. The smallest absolute Gasteiger partial charge is 0.110 e. The van der Waals surface area contributed by atoms with E-state index in [1.807, 2.05) is 0 Å². The SMILES string of the molecule is CC(C)C(O)N(C1CCCCC1)C1CCCCC1. The highest BCUT2D eigenvalue weighted by Gasteiger charge is 2.34. The fourth-order valence-electron chi connectivity index (χ4n) is 3.83. The topological polar surface area (TPSA) is 23.5 Å². The Labute approximate surface area is 113 Å². The van der Waals surface area contributed by atoms with E-state index in [2.05, 4.69) is 18.7 Å². The molecular formula is C16H31NO. The summed E-state index contributed by atoms with van der Waals surface area (Å²) in [6.07, 6.45) is 13.2. The molecule has 0 spiro atoms. The molecule has 2 fully saturated rings. The summed E-state index contributed by atoms with van der Waals surface area (Å²) in [6.45, 7) is 4.31. The van der Waals surface area contributed by atoms with Gasteiger partial charge in [-0.25, -0.2) is 0 Å². The highest BCUT2D eigenvalue weighted by Crippen LogP contribution is 2.32. The van der Waals surface area contributed by atoms with Crippen molar-refractivity contribution in [1.82, 2.24) is 4.90 Å². The Bertz CT molecular complexity index is 211. The second kappa shape index (κ2) is 6.91. The van der Waals surface area contributed by atoms with Gasteiger partial charge in [0.05, 0.1) is 0 Å². The zero-order valence-electron chi connectivity index (χ0n) is 12.3. The van der Waals surface area contributed by atoms with E-state index in [9.17, 15) is 5.11 Å². The third-order valence-electron chi connectivity index (χ3n) is 4.89. The lowest BCUT2D eigenvalue weighted by molar-refractivity contribution is -0.0943. The lowest BCUT2D eigenvalue weighted by Crippen LogP contribution is -2.52. The molecule has 0 bridgehead atoms. The van der Waals surface area contributed by atoms with E-state index in [1.54, 1.807) is 0 Å². The molecule has 0 aliphatic heterocycles. The second-order valence-electron chi connectivity index (χ2n) is 6.69. The molecule has 0 aromatic heterocycles. The summed E-state index contributed by atoms with van der Waals surface area (Å²) in [5, 5.41) is 10.6. The lowest BCUT2D eigenvalue weighted by atomic mass is 9.87. The molecule has 0 amide bonds. The molecule has 0 saturated heterocycles. The van der Waals surface area contributed by atoms with Gasteiger partial charge in [-0.3, -0.25) is 4.90 Å². The van der Waals surface area contributed by atoms with Crippen LogP contribution in [0.3, 0.4) is 0 Å². The third-order valence-corrected chi connectivity index (χ3v) is 4.89. The lowest BCUT2D eigenvalue weighted by Gasteiger charge is -2.45. The Kier molecular flexibility index (Phi) is 5.50. The fourth-order valence-corrected chi connectivity index (χ4v) is 3.83. The van der Waals surface area contributed by atoms with Crippen LogP contribution in [0.2, 0.25) is 0 Å². The first-order valence-corrected chi connectivity index (χ1v) is 8.15. The van der Waals surface area contributed by atoms with Gasteiger partial charge < -0.3 is 5.11 Å². The summed E-state index contributed by atoms with van der Waals surface area (Å²) in [7, 11) is 0. The summed E-state index contributed by atoms with van der Waals surface area (Å²) in [6, 6.07) is 1.30. The van der Waals surface area contributed by atoms with Crippen LogP contribution in [0, 0.1) is 5.92 Å². The second-order valence-corrected chi connectivity index (χ2v) is 6.69. The molecule has 106 valence electrons. The summed E-state index contributed by atoms with van der Waals surface area (Å²) in [4.78, 5) is 2.52. The van der Waals surface area contributed by atoms with Crippen LogP contribution in [-0.2, 0) is 0 Å². The minimum absolute atomic E-state index is 0.226. The van der Waals surface area contributed by atoms with Crippen LogP contribution in [0.4, 0.5) is 0 Å². The minimum atomic E-state index is -0.226. The maximum atomic E-state index is 10.6. The number of aliphatic hydroxyl groups excluding tert-OH is 1. The molecule has 0 aromatic rings. The van der Waals surface area contributed by atoms with Crippen LogP contribution in [0.5, 0.6) is 0 Å². The van der Waals surface area contributed by atoms with Crippen molar-refractivity contribution in [3.05, 3.63) is 0 Å². The quantitative estimate of drug-likeness (QED) is 0.767. The average Bonchev–Trinajstić information content (AvgIpc) is 2.41. The Morgan fingerprint density at radius 1 is 0.778 bits per heavy atom. The van der Waals surface area contributed by atoms with Gasteiger partial charge in [-0.1, -0.05) is 52.4 Å². The van der Waals surface area contributed by atoms with Gasteiger partial charge in [-0.15, -0.1) is 0 Å². The molecule has 2 saturated carbocycles. The first-order valence-electron chi connectivity index (χ1n) is 8.15. The molecule has 2 nitrogen and oxygen atoms in total. The van der Waals surface area contributed by atoms with Crippen molar-refractivity contribution >= 4 is 0 Å². The van der Waals surface area contributed by atoms with Crippen LogP contribution >= 0.6 is 0 Å². The standard InChI is InChI=1S/C16H31NO/c1-13(2)16(18)17(14-9-5-3-6-10-14)15-11-7-4-8-12-15/h13-16,18H,3-12H2,1-2H3. The molecule has 2 heteroatoms. The van der Waals surface area contributed by atoms with Crippen molar-refractivity contribution in [2.24, 2.45) is 5.92 Å². The van der Waals surface area contributed by atoms with E-state index in [4.69, 9.17) is 0 Å². The van der Waals surface area contributed by atoms with E-state index >= 15 is 0 Å². The highest BCUT2D eigenvalue weighted by atomic mass is 16.3. The molecule has 2 rings (SSSR count). The normalized spacial score (nSPS) is 25.8. The van der Waals surface area contributed by atoms with Gasteiger partial charge >= 0.3 is 0 Å². The minimum Gasteiger partial charge on any atom is -0.378 e. The molecular weight excluding hydrogens is 222 g/mol. The summed E-state index contributed by atoms with van der Waals surface area (Å²) >= 11 is 0. The van der Waals surface area contributed by atoms with Crippen LogP contribution < -0.4 is 0 Å². The maximum absolute atomic E-state index is 10.6. The number of aliphatic hydroxyl groups is 1. The van der Waals surface area contributed by atoms with E-state index < -0.39 is 0 Å². The van der Waals surface area contributed by atoms with E-state index in [0.29, 0.717) is 18.0 Å². The van der Waals surface area contributed by atoms with Gasteiger partial charge in [0, 0.05) is 12.1 Å². The molecule has 1 atom stereocenters. The van der Waals surface area contributed by atoms with Gasteiger partial charge in [0.1, 0.15) is 6.23 Å². The summed E-state index contributed by atoms with van der Waals surface area (Å²) in [5.41, 5.74) is 0. The molecule has 1 N–H and O–H groups in total. The fraction of sp³-hybridized carbons (Fsp3) is 1.00. The van der Waals surface area contributed by atoms with Crippen molar-refractivity contribution in [1.29, 1.82) is 0 Å². The van der Waals surface area contributed by atoms with Crippen molar-refractivity contribution in [2.75, 3.05) is 0 Å². The zero-order chi connectivity index (χ0) is 13.0. The van der Waals surface area contributed by atoms with Crippen LogP contribution in [0.1, 0.15) is 78.1 Å². The van der Waals surface area contributed by atoms with Gasteiger partial charge in [0.25, 0.3) is 0 Å². The van der Waals surface area contributed by atoms with Crippen molar-refractivity contribution in [3.8, 4) is 0 Å². The Hall–Kier alpha value is -0.0800. The van der Waals surface area contributed by atoms with Gasteiger partial charge in [-0.05, 0) is 31.6 Å². The Balaban J connectivity index is 2.05. The van der Waals surface area contributed by atoms with Crippen molar-refractivity contribution < 1.29 is 5.11 Å². The largest absolute Gasteiger partial charge is 0.378 e. The van der Waals surface area contributed by atoms with E-state index in [0.717, 1.165) is 0 Å². The number of hydrogen-bond donors (Lipinski definition) is 1. The first kappa shape index (κ1) is 14.3. The molecule has 0 radical (unpaired) electrons. The highest BCUT2D eigenvalue weighted by molar-refractivity contribution is 4.86.